The van der Waals surface area contributed by atoms with Crippen molar-refractivity contribution in [2.45, 2.75) is 26.7 Å². The van der Waals surface area contributed by atoms with Crippen LogP contribution in [-0.2, 0) is 4.74 Å². The molecular weight excluding hydrogens is 242 g/mol. The summed E-state index contributed by atoms with van der Waals surface area (Å²) in [6.07, 6.45) is 1.48. The highest BCUT2D eigenvalue weighted by Crippen LogP contribution is 2.29. The fourth-order valence-corrected chi connectivity index (χ4v) is 2.19. The first-order valence-corrected chi connectivity index (χ1v) is 6.72. The third-order valence-electron chi connectivity index (χ3n) is 3.31. The summed E-state index contributed by atoms with van der Waals surface area (Å²) >= 11 is 0. The van der Waals surface area contributed by atoms with Gasteiger partial charge < -0.3 is 4.74 Å². The normalized spacial score (nSPS) is 18.1. The Bertz CT molecular complexity index is 484. The summed E-state index contributed by atoms with van der Waals surface area (Å²) in [5, 5.41) is 0. The zero-order valence-electron chi connectivity index (χ0n) is 11.4. The summed E-state index contributed by atoms with van der Waals surface area (Å²) in [7, 11) is 0. The van der Waals surface area contributed by atoms with Crippen molar-refractivity contribution in [2.24, 2.45) is 5.92 Å². The number of nitrogens with zero attached hydrogens (tertiary/aromatic N) is 1. The lowest BCUT2D eigenvalue weighted by molar-refractivity contribution is 0.0923. The van der Waals surface area contributed by atoms with E-state index in [0.717, 1.165) is 12.8 Å². The number of rotatable bonds is 3. The van der Waals surface area contributed by atoms with Crippen molar-refractivity contribution in [3.63, 3.8) is 0 Å². The molecule has 0 aromatic heterocycles. The third-order valence-corrected chi connectivity index (χ3v) is 3.31. The fourth-order valence-electron chi connectivity index (χ4n) is 2.19. The number of hydrogen-bond donors (Lipinski definition) is 0. The molecular formula is C15H19NO3. The molecule has 4 nitrogen and oxygen atoms in total. The SMILES string of the molecule is CCCCOC(=O)N1CC(C)C(=O)c2ccccc21. The molecule has 1 atom stereocenters. The Kier molecular flexibility index (Phi) is 4.20. The zero-order chi connectivity index (χ0) is 13.8. The highest BCUT2D eigenvalue weighted by Gasteiger charge is 2.32. The molecule has 0 radical (unpaired) electrons. The van der Waals surface area contributed by atoms with Gasteiger partial charge in [0.05, 0.1) is 12.3 Å². The Morgan fingerprint density at radius 1 is 1.42 bits per heavy atom. The van der Waals surface area contributed by atoms with Gasteiger partial charge in [-0.25, -0.2) is 4.79 Å². The number of anilines is 1. The van der Waals surface area contributed by atoms with Crippen molar-refractivity contribution in [3.05, 3.63) is 29.8 Å². The van der Waals surface area contributed by atoms with Crippen LogP contribution in [0.1, 0.15) is 37.0 Å². The van der Waals surface area contributed by atoms with Gasteiger partial charge in [-0.3, -0.25) is 9.69 Å². The van der Waals surface area contributed by atoms with Crippen molar-refractivity contribution < 1.29 is 14.3 Å². The molecule has 4 heteroatoms. The Hall–Kier alpha value is -1.84. The van der Waals surface area contributed by atoms with E-state index in [1.165, 1.54) is 0 Å². The Morgan fingerprint density at radius 3 is 2.89 bits per heavy atom. The van der Waals surface area contributed by atoms with Crippen molar-refractivity contribution in [2.75, 3.05) is 18.1 Å². The second-order valence-electron chi connectivity index (χ2n) is 4.86. The van der Waals surface area contributed by atoms with Crippen LogP contribution in [0.15, 0.2) is 24.3 Å². The Morgan fingerprint density at radius 2 is 2.16 bits per heavy atom. The van der Waals surface area contributed by atoms with Crippen LogP contribution in [0, 0.1) is 5.92 Å². The van der Waals surface area contributed by atoms with E-state index in [2.05, 4.69) is 0 Å². The predicted molar refractivity (Wildman–Crippen MR) is 73.5 cm³/mol. The maximum atomic E-state index is 12.1. The number of fused-ring (bicyclic) bond motifs is 1. The van der Waals surface area contributed by atoms with Gasteiger partial charge in [0.15, 0.2) is 5.78 Å². The highest BCUT2D eigenvalue weighted by molar-refractivity contribution is 6.08. The van der Waals surface area contributed by atoms with E-state index in [9.17, 15) is 9.59 Å². The molecule has 0 bridgehead atoms. The second-order valence-corrected chi connectivity index (χ2v) is 4.86. The van der Waals surface area contributed by atoms with Gasteiger partial charge in [-0.1, -0.05) is 32.4 Å². The number of carbonyl (C=O) groups excluding carboxylic acids is 2. The monoisotopic (exact) mass is 261 g/mol. The summed E-state index contributed by atoms with van der Waals surface area (Å²) in [4.78, 5) is 25.7. The first-order chi connectivity index (χ1) is 9.15. The number of ether oxygens (including phenoxy) is 1. The van der Waals surface area contributed by atoms with E-state index in [1.807, 2.05) is 26.0 Å². The van der Waals surface area contributed by atoms with Crippen LogP contribution in [0.5, 0.6) is 0 Å². The average molecular weight is 261 g/mol. The van der Waals surface area contributed by atoms with Gasteiger partial charge in [0.25, 0.3) is 0 Å². The highest BCUT2D eigenvalue weighted by atomic mass is 16.6. The van der Waals surface area contributed by atoms with E-state index in [-0.39, 0.29) is 17.8 Å². The van der Waals surface area contributed by atoms with Crippen molar-refractivity contribution in [1.29, 1.82) is 0 Å². The maximum absolute atomic E-state index is 12.1. The Labute approximate surface area is 113 Å². The molecule has 0 N–H and O–H groups in total. The van der Waals surface area contributed by atoms with Crippen molar-refractivity contribution in [3.8, 4) is 0 Å². The minimum absolute atomic E-state index is 0.0909. The number of Topliss-reactive ketones (excluding diaryl/α,β-unsaturated/α-hetero) is 1. The van der Waals surface area contributed by atoms with Crippen LogP contribution in [0.4, 0.5) is 10.5 Å². The molecule has 0 saturated carbocycles. The molecule has 1 aromatic rings. The van der Waals surface area contributed by atoms with Gasteiger partial charge in [-0.15, -0.1) is 0 Å². The number of ketones is 1. The van der Waals surface area contributed by atoms with Crippen LogP contribution in [0.25, 0.3) is 0 Å². The lowest BCUT2D eigenvalue weighted by Crippen LogP contribution is -2.42. The van der Waals surface area contributed by atoms with Crippen LogP contribution in [0.2, 0.25) is 0 Å². The quantitative estimate of drug-likeness (QED) is 0.784. The first-order valence-electron chi connectivity index (χ1n) is 6.72. The second kappa shape index (κ2) is 5.87. The van der Waals surface area contributed by atoms with Crippen molar-refractivity contribution >= 4 is 17.6 Å². The molecule has 1 amide bonds. The van der Waals surface area contributed by atoms with E-state index < -0.39 is 0 Å². The van der Waals surface area contributed by atoms with E-state index >= 15 is 0 Å². The number of para-hydroxylation sites is 1. The van der Waals surface area contributed by atoms with Gasteiger partial charge >= 0.3 is 6.09 Å². The lowest BCUT2D eigenvalue weighted by Gasteiger charge is -2.31. The average Bonchev–Trinajstić information content (AvgIpc) is 2.43. The molecule has 1 aliphatic heterocycles. The smallest absolute Gasteiger partial charge is 0.414 e. The number of carbonyl (C=O) groups is 2. The fraction of sp³-hybridized carbons (Fsp3) is 0.467. The Balaban J connectivity index is 2.20. The van der Waals surface area contributed by atoms with Gasteiger partial charge in [0, 0.05) is 18.0 Å². The van der Waals surface area contributed by atoms with E-state index in [1.54, 1.807) is 17.0 Å². The summed E-state index contributed by atoms with van der Waals surface area (Å²) in [6.45, 7) is 4.70. The van der Waals surface area contributed by atoms with Gasteiger partial charge in [0.1, 0.15) is 0 Å². The molecule has 2 rings (SSSR count). The van der Waals surface area contributed by atoms with Gasteiger partial charge in [-0.2, -0.15) is 0 Å². The molecule has 1 aromatic carbocycles. The minimum atomic E-state index is -0.361. The first kappa shape index (κ1) is 13.6. The van der Waals surface area contributed by atoms with E-state index in [0.29, 0.717) is 24.4 Å². The van der Waals surface area contributed by atoms with Gasteiger partial charge in [0.2, 0.25) is 0 Å². The zero-order valence-corrected chi connectivity index (χ0v) is 11.4. The summed E-state index contributed by atoms with van der Waals surface area (Å²) in [5.74, 6) is -0.0955. The summed E-state index contributed by atoms with van der Waals surface area (Å²) < 4.78 is 5.24. The van der Waals surface area contributed by atoms with Gasteiger partial charge in [-0.05, 0) is 18.6 Å². The standard InChI is InChI=1S/C15H19NO3/c1-3-4-9-19-15(18)16-10-11(2)14(17)12-7-5-6-8-13(12)16/h5-8,11H,3-4,9-10H2,1-2H3. The number of hydrogen-bond acceptors (Lipinski definition) is 3. The summed E-state index contributed by atoms with van der Waals surface area (Å²) in [5.41, 5.74) is 1.26. The molecule has 0 fully saturated rings. The molecule has 1 unspecified atom stereocenters. The van der Waals surface area contributed by atoms with Crippen LogP contribution < -0.4 is 4.90 Å². The molecule has 0 spiro atoms. The van der Waals surface area contributed by atoms with Crippen LogP contribution in [-0.4, -0.2) is 25.0 Å². The largest absolute Gasteiger partial charge is 0.449 e. The van der Waals surface area contributed by atoms with Crippen molar-refractivity contribution in [1.82, 2.24) is 0 Å². The third kappa shape index (κ3) is 2.78. The molecule has 1 aliphatic rings. The number of unbranched alkanes of at least 4 members (excludes halogenated alkanes) is 1. The van der Waals surface area contributed by atoms with Crippen LogP contribution in [0.3, 0.4) is 0 Å². The van der Waals surface area contributed by atoms with Crippen LogP contribution >= 0.6 is 0 Å². The van der Waals surface area contributed by atoms with E-state index in [4.69, 9.17) is 4.74 Å². The molecule has 1 heterocycles. The molecule has 0 saturated heterocycles. The molecule has 0 aliphatic carbocycles. The minimum Gasteiger partial charge on any atom is -0.449 e. The predicted octanol–water partition coefficient (Wildman–Crippen LogP) is 3.26. The lowest BCUT2D eigenvalue weighted by atomic mass is 9.93. The number of amides is 1. The topological polar surface area (TPSA) is 46.6 Å². The maximum Gasteiger partial charge on any atom is 0.414 e. The summed E-state index contributed by atoms with van der Waals surface area (Å²) in [6, 6.07) is 7.20. The molecule has 102 valence electrons. The number of benzene rings is 1. The molecule has 19 heavy (non-hydrogen) atoms.